The van der Waals surface area contributed by atoms with Crippen molar-refractivity contribution in [2.45, 2.75) is 77.6 Å². The lowest BCUT2D eigenvalue weighted by Crippen LogP contribution is -2.26. The number of halogens is 1. The van der Waals surface area contributed by atoms with Gasteiger partial charge in [-0.3, -0.25) is 4.79 Å². The van der Waals surface area contributed by atoms with E-state index in [1.54, 1.807) is 11.8 Å². The van der Waals surface area contributed by atoms with Crippen molar-refractivity contribution in [2.24, 2.45) is 5.92 Å². The van der Waals surface area contributed by atoms with Gasteiger partial charge in [-0.05, 0) is 37.4 Å². The lowest BCUT2D eigenvalue weighted by molar-refractivity contribution is -0.143. The van der Waals surface area contributed by atoms with Gasteiger partial charge in [0.15, 0.2) is 0 Å². The van der Waals surface area contributed by atoms with Gasteiger partial charge in [0.05, 0.1) is 6.61 Å². The second kappa shape index (κ2) is 12.5. The first-order valence-electron chi connectivity index (χ1n) is 7.95. The molecule has 0 spiro atoms. The number of hydrogen-bond acceptors (Lipinski definition) is 3. The van der Waals surface area contributed by atoms with Gasteiger partial charge < -0.3 is 4.74 Å². The molecule has 0 fully saturated rings. The standard InChI is InChI=1S/C16H31FO2S/c1-5-7-11-19-16(18)15(13(3)4)20-12-8-10-14(17)9-6-2/h13-15H,5-12H2,1-4H3. The Labute approximate surface area is 128 Å². The maximum atomic E-state index is 13.3. The lowest BCUT2D eigenvalue weighted by Gasteiger charge is -2.19. The van der Waals surface area contributed by atoms with Gasteiger partial charge >= 0.3 is 5.97 Å². The van der Waals surface area contributed by atoms with Gasteiger partial charge in [-0.2, -0.15) is 0 Å². The van der Waals surface area contributed by atoms with Crippen LogP contribution in [0.4, 0.5) is 4.39 Å². The molecule has 0 bridgehead atoms. The average Bonchev–Trinajstić information content (AvgIpc) is 2.38. The lowest BCUT2D eigenvalue weighted by atomic mass is 10.1. The molecule has 0 saturated carbocycles. The molecule has 0 aliphatic heterocycles. The maximum absolute atomic E-state index is 13.3. The molecule has 0 radical (unpaired) electrons. The Morgan fingerprint density at radius 3 is 2.40 bits per heavy atom. The SMILES string of the molecule is CCCCOC(=O)C(SCCCC(F)CCC)C(C)C. The summed E-state index contributed by atoms with van der Waals surface area (Å²) in [6.45, 7) is 8.67. The molecular weight excluding hydrogens is 275 g/mol. The number of unbranched alkanes of at least 4 members (excludes halogenated alkanes) is 1. The summed E-state index contributed by atoms with van der Waals surface area (Å²) < 4.78 is 18.6. The molecular formula is C16H31FO2S. The van der Waals surface area contributed by atoms with Crippen LogP contribution in [0.25, 0.3) is 0 Å². The van der Waals surface area contributed by atoms with Crippen molar-refractivity contribution in [2.75, 3.05) is 12.4 Å². The number of esters is 1. The van der Waals surface area contributed by atoms with Gasteiger partial charge in [-0.1, -0.05) is 40.5 Å². The molecule has 0 heterocycles. The third-order valence-electron chi connectivity index (χ3n) is 3.14. The Morgan fingerprint density at radius 2 is 1.85 bits per heavy atom. The van der Waals surface area contributed by atoms with Gasteiger partial charge in [0.1, 0.15) is 11.4 Å². The minimum absolute atomic E-state index is 0.108. The predicted octanol–water partition coefficient (Wildman–Crippen LogP) is 5.01. The summed E-state index contributed by atoms with van der Waals surface area (Å²) in [5.74, 6) is 0.977. The van der Waals surface area contributed by atoms with E-state index in [4.69, 9.17) is 4.74 Å². The number of carbonyl (C=O) groups excluding carboxylic acids is 1. The zero-order chi connectivity index (χ0) is 15.4. The van der Waals surface area contributed by atoms with E-state index in [1.807, 2.05) is 20.8 Å². The first-order valence-corrected chi connectivity index (χ1v) is 9.00. The van der Waals surface area contributed by atoms with Gasteiger partial charge in [-0.15, -0.1) is 11.8 Å². The number of rotatable bonds is 12. The van der Waals surface area contributed by atoms with Crippen LogP contribution in [0.2, 0.25) is 0 Å². The first kappa shape index (κ1) is 19.8. The van der Waals surface area contributed by atoms with E-state index in [0.717, 1.165) is 31.4 Å². The molecule has 0 rings (SSSR count). The van der Waals surface area contributed by atoms with Gasteiger partial charge in [-0.25, -0.2) is 4.39 Å². The topological polar surface area (TPSA) is 26.3 Å². The second-order valence-electron chi connectivity index (χ2n) is 5.58. The highest BCUT2D eigenvalue weighted by Crippen LogP contribution is 2.23. The highest BCUT2D eigenvalue weighted by atomic mass is 32.2. The van der Waals surface area contributed by atoms with Crippen LogP contribution in [-0.2, 0) is 9.53 Å². The van der Waals surface area contributed by atoms with Crippen LogP contribution in [-0.4, -0.2) is 29.8 Å². The molecule has 4 heteroatoms. The van der Waals surface area contributed by atoms with E-state index in [0.29, 0.717) is 19.4 Å². The zero-order valence-electron chi connectivity index (χ0n) is 13.5. The van der Waals surface area contributed by atoms with Crippen molar-refractivity contribution < 1.29 is 13.9 Å². The van der Waals surface area contributed by atoms with E-state index < -0.39 is 6.17 Å². The number of alkyl halides is 1. The Balaban J connectivity index is 3.93. The normalized spacial score (nSPS) is 14.3. The Hall–Kier alpha value is -0.250. The first-order chi connectivity index (χ1) is 9.52. The van der Waals surface area contributed by atoms with E-state index >= 15 is 0 Å². The third kappa shape index (κ3) is 9.62. The van der Waals surface area contributed by atoms with Crippen LogP contribution in [0.3, 0.4) is 0 Å². The minimum Gasteiger partial charge on any atom is -0.465 e. The molecule has 0 aromatic carbocycles. The summed E-state index contributed by atoms with van der Waals surface area (Å²) in [7, 11) is 0. The Kier molecular flexibility index (Phi) is 12.3. The molecule has 2 atom stereocenters. The van der Waals surface area contributed by atoms with Gasteiger partial charge in [0.25, 0.3) is 0 Å². The molecule has 0 aliphatic carbocycles. The van der Waals surface area contributed by atoms with Gasteiger partial charge in [0.2, 0.25) is 0 Å². The zero-order valence-corrected chi connectivity index (χ0v) is 14.3. The van der Waals surface area contributed by atoms with Crippen molar-refractivity contribution in [3.8, 4) is 0 Å². The van der Waals surface area contributed by atoms with E-state index in [-0.39, 0.29) is 17.1 Å². The minimum atomic E-state index is -0.686. The fourth-order valence-corrected chi connectivity index (χ4v) is 3.08. The number of hydrogen-bond donors (Lipinski definition) is 0. The fraction of sp³-hybridized carbons (Fsp3) is 0.938. The summed E-state index contributed by atoms with van der Waals surface area (Å²) >= 11 is 1.61. The molecule has 120 valence electrons. The molecule has 0 saturated heterocycles. The van der Waals surface area contributed by atoms with E-state index in [2.05, 4.69) is 6.92 Å². The van der Waals surface area contributed by atoms with Crippen LogP contribution < -0.4 is 0 Å². The molecule has 0 aromatic heterocycles. The molecule has 0 N–H and O–H groups in total. The summed E-state index contributed by atoms with van der Waals surface area (Å²) in [6.07, 6.45) is 4.25. The largest absolute Gasteiger partial charge is 0.465 e. The highest BCUT2D eigenvalue weighted by Gasteiger charge is 2.23. The Bertz CT molecular complexity index is 247. The maximum Gasteiger partial charge on any atom is 0.319 e. The molecule has 2 nitrogen and oxygen atoms in total. The molecule has 0 aliphatic rings. The van der Waals surface area contributed by atoms with Crippen LogP contribution in [0, 0.1) is 5.92 Å². The van der Waals surface area contributed by atoms with E-state index in [1.165, 1.54) is 0 Å². The quantitative estimate of drug-likeness (QED) is 0.375. The second-order valence-corrected chi connectivity index (χ2v) is 6.83. The molecule has 20 heavy (non-hydrogen) atoms. The smallest absolute Gasteiger partial charge is 0.319 e. The van der Waals surface area contributed by atoms with E-state index in [9.17, 15) is 9.18 Å². The molecule has 2 unspecified atom stereocenters. The summed E-state index contributed by atoms with van der Waals surface area (Å²) in [6, 6.07) is 0. The van der Waals surface area contributed by atoms with Crippen molar-refractivity contribution in [3.05, 3.63) is 0 Å². The Morgan fingerprint density at radius 1 is 1.15 bits per heavy atom. The van der Waals surface area contributed by atoms with Crippen molar-refractivity contribution in [1.82, 2.24) is 0 Å². The average molecular weight is 306 g/mol. The molecule has 0 amide bonds. The van der Waals surface area contributed by atoms with Crippen LogP contribution in [0.5, 0.6) is 0 Å². The van der Waals surface area contributed by atoms with Crippen LogP contribution in [0.1, 0.15) is 66.2 Å². The highest BCUT2D eigenvalue weighted by molar-refractivity contribution is 8.00. The van der Waals surface area contributed by atoms with Crippen LogP contribution >= 0.6 is 11.8 Å². The van der Waals surface area contributed by atoms with Crippen molar-refractivity contribution in [1.29, 1.82) is 0 Å². The van der Waals surface area contributed by atoms with Crippen molar-refractivity contribution >= 4 is 17.7 Å². The molecule has 0 aromatic rings. The number of ether oxygens (including phenoxy) is 1. The number of thioether (sulfide) groups is 1. The fourth-order valence-electron chi connectivity index (χ4n) is 1.90. The van der Waals surface area contributed by atoms with Crippen LogP contribution in [0.15, 0.2) is 0 Å². The third-order valence-corrected chi connectivity index (χ3v) is 4.76. The number of carbonyl (C=O) groups is 1. The summed E-state index contributed by atoms with van der Waals surface area (Å²) in [5.41, 5.74) is 0. The predicted molar refractivity (Wildman–Crippen MR) is 86.0 cm³/mol. The van der Waals surface area contributed by atoms with Crippen molar-refractivity contribution in [3.63, 3.8) is 0 Å². The summed E-state index contributed by atoms with van der Waals surface area (Å²) in [4.78, 5) is 12.0. The van der Waals surface area contributed by atoms with Gasteiger partial charge in [0, 0.05) is 0 Å². The summed E-state index contributed by atoms with van der Waals surface area (Å²) in [5, 5.41) is -0.115. The monoisotopic (exact) mass is 306 g/mol.